The minimum Gasteiger partial charge on any atom is -0.379 e. The number of unbranched alkanes of at least 4 members (excludes halogenated alkanes) is 2. The zero-order valence-corrected chi connectivity index (χ0v) is 42.8. The third-order valence-electron chi connectivity index (χ3n) is 11.9. The first-order valence-corrected chi connectivity index (χ1v) is 26.4. The second kappa shape index (κ2) is 33.1. The minimum atomic E-state index is -0.586. The lowest BCUT2D eigenvalue weighted by molar-refractivity contribution is -0.123. The van der Waals surface area contributed by atoms with Gasteiger partial charge in [-0.15, -0.1) is 0 Å². The maximum absolute atomic E-state index is 14.5. The van der Waals surface area contributed by atoms with Gasteiger partial charge < -0.3 is 56.3 Å². The van der Waals surface area contributed by atoms with E-state index in [9.17, 15) is 28.4 Å². The zero-order valence-electron chi connectivity index (χ0n) is 41.9. The molecule has 0 spiro atoms. The summed E-state index contributed by atoms with van der Waals surface area (Å²) in [6, 6.07) is 14.9. The fraction of sp³-hybridized carbons (Fsp3) is 0.558. The molecule has 2 aliphatic heterocycles. The molecule has 1 aromatic heterocycles. The number of hydrogen-bond acceptors (Lipinski definition) is 14. The molecule has 0 unspecified atom stereocenters. The summed E-state index contributed by atoms with van der Waals surface area (Å²) in [6.45, 7) is 7.84. The number of rotatable bonds is 36. The molecule has 2 fully saturated rings. The minimum absolute atomic E-state index is 0.0375. The van der Waals surface area contributed by atoms with E-state index in [2.05, 4.69) is 52.1 Å². The highest BCUT2D eigenvalue weighted by Gasteiger charge is 2.42. The average molecular weight is 1020 g/mol. The lowest BCUT2D eigenvalue weighted by atomic mass is 9.97. The van der Waals surface area contributed by atoms with Crippen molar-refractivity contribution in [2.75, 3.05) is 101 Å². The first kappa shape index (κ1) is 57.2. The summed E-state index contributed by atoms with van der Waals surface area (Å²) in [5.74, 6) is 1.00. The van der Waals surface area contributed by atoms with Crippen LogP contribution < -0.4 is 37.2 Å². The largest absolute Gasteiger partial charge is 0.379 e. The van der Waals surface area contributed by atoms with Gasteiger partial charge in [0, 0.05) is 99.5 Å². The number of fused-ring (bicyclic) bond motifs is 1. The molecule has 2 saturated heterocycles. The van der Waals surface area contributed by atoms with Gasteiger partial charge in [0.2, 0.25) is 35.5 Å². The molecule has 20 heteroatoms. The molecular weight excluding hydrogens is 944 g/mol. The van der Waals surface area contributed by atoms with Crippen molar-refractivity contribution in [3.8, 4) is 0 Å². The van der Waals surface area contributed by atoms with E-state index in [-0.39, 0.29) is 54.1 Å². The van der Waals surface area contributed by atoms with Crippen molar-refractivity contribution in [1.29, 1.82) is 0 Å². The van der Waals surface area contributed by atoms with Crippen molar-refractivity contribution in [2.24, 2.45) is 5.92 Å². The number of nitrogens with one attached hydrogen (secondary N) is 7. The van der Waals surface area contributed by atoms with E-state index in [0.717, 1.165) is 62.6 Å². The number of thioether (sulfide) groups is 1. The molecule has 3 heterocycles. The van der Waals surface area contributed by atoms with Gasteiger partial charge in [-0.05, 0) is 113 Å². The average Bonchev–Trinajstić information content (AvgIpc) is 3.91. The highest BCUT2D eigenvalue weighted by Crippen LogP contribution is 2.39. The second-order valence-electron chi connectivity index (χ2n) is 18.1. The van der Waals surface area contributed by atoms with E-state index in [1.54, 1.807) is 30.3 Å². The van der Waals surface area contributed by atoms with E-state index >= 15 is 0 Å². The van der Waals surface area contributed by atoms with Crippen LogP contribution in [0, 0.1) is 18.7 Å². The third kappa shape index (κ3) is 23.3. The highest BCUT2D eigenvalue weighted by atomic mass is 32.2. The molecule has 18 nitrogen and oxygen atoms in total. The monoisotopic (exact) mass is 1020 g/mol. The maximum atomic E-state index is 14.5. The van der Waals surface area contributed by atoms with E-state index < -0.39 is 5.82 Å². The number of aryl methyl sites for hydroxylation is 1. The number of likely N-dealkylation sites (N-methyl/N-ethyl adjacent to an activating group) is 1. The van der Waals surface area contributed by atoms with Crippen molar-refractivity contribution < 1.29 is 42.6 Å². The maximum Gasteiger partial charge on any atom is 0.248 e. The molecule has 0 radical (unpaired) electrons. The summed E-state index contributed by atoms with van der Waals surface area (Å²) < 4.78 is 31.2. The predicted octanol–water partition coefficient (Wildman–Crippen LogP) is 6.15. The van der Waals surface area contributed by atoms with Crippen molar-refractivity contribution in [1.82, 2.24) is 36.1 Å². The van der Waals surface area contributed by atoms with E-state index in [1.165, 1.54) is 6.08 Å². The third-order valence-corrected chi connectivity index (χ3v) is 13.4. The van der Waals surface area contributed by atoms with Gasteiger partial charge in [-0.1, -0.05) is 30.7 Å². The number of carbonyl (C=O) groups is 5. The number of ether oxygens (including phenoxy) is 3. The van der Waals surface area contributed by atoms with E-state index in [1.807, 2.05) is 50.0 Å². The van der Waals surface area contributed by atoms with Gasteiger partial charge in [0.05, 0.1) is 32.6 Å². The molecule has 3 atom stereocenters. The van der Waals surface area contributed by atoms with Gasteiger partial charge >= 0.3 is 0 Å². The number of benzene rings is 2. The standard InChI is InChI=1S/C52H75FN10O8S/c1-38-13-7-14-40(33-38)59-51-43(53)36-57-52(62-51)60-42-16-8-15-41(35-42)58-48(67)21-10-26-63(2)25-6-5-22-54-46(65)19-9-20-47(66)56-24-12-28-70-30-32-71-31-29-69-27-11-23-55-45(64)18-4-3-17-44-50-39(37-72-44)34-49(68)61-50/h7-8,10,13-16,21,33,35-36,39,44,50H,3-6,9,11-12,17-20,22-32,34,37H2,1-2H3,(H,54,65)(H,55,64)(H,56,66)(H,58,67)(H,61,68)(H2,57,59,60,62)/b21-10+/t39-,44-,50-/m0/s1. The molecule has 0 aliphatic carbocycles. The number of carbonyl (C=O) groups excluding carboxylic acids is 5. The van der Waals surface area contributed by atoms with Crippen LogP contribution in [0.5, 0.6) is 0 Å². The van der Waals surface area contributed by atoms with E-state index in [0.29, 0.717) is 126 Å². The number of nitrogens with zero attached hydrogens (tertiary/aromatic N) is 3. The van der Waals surface area contributed by atoms with Crippen LogP contribution in [-0.4, -0.2) is 141 Å². The van der Waals surface area contributed by atoms with Crippen molar-refractivity contribution in [3.05, 3.63) is 78.3 Å². The molecule has 0 bridgehead atoms. The Morgan fingerprint density at radius 1 is 0.778 bits per heavy atom. The Labute approximate surface area is 427 Å². The fourth-order valence-corrected chi connectivity index (χ4v) is 9.73. The first-order chi connectivity index (χ1) is 35.0. The molecule has 3 aromatic rings. The summed E-state index contributed by atoms with van der Waals surface area (Å²) in [6.07, 6.45) is 12.6. The van der Waals surface area contributed by atoms with Gasteiger partial charge in [0.25, 0.3) is 0 Å². The van der Waals surface area contributed by atoms with Gasteiger partial charge in [0.15, 0.2) is 11.6 Å². The van der Waals surface area contributed by atoms with Crippen LogP contribution in [0.3, 0.4) is 0 Å². The summed E-state index contributed by atoms with van der Waals surface area (Å²) in [4.78, 5) is 71.3. The van der Waals surface area contributed by atoms with E-state index in [4.69, 9.17) is 14.2 Å². The molecule has 0 saturated carbocycles. The van der Waals surface area contributed by atoms with Gasteiger partial charge in [-0.3, -0.25) is 24.0 Å². The van der Waals surface area contributed by atoms with Crippen LogP contribution in [0.15, 0.2) is 66.9 Å². The zero-order chi connectivity index (χ0) is 51.2. The van der Waals surface area contributed by atoms with Crippen LogP contribution in [0.2, 0.25) is 0 Å². The predicted molar refractivity (Wildman–Crippen MR) is 280 cm³/mol. The van der Waals surface area contributed by atoms with Crippen LogP contribution in [0.25, 0.3) is 0 Å². The number of aromatic nitrogens is 2. The Morgan fingerprint density at radius 2 is 1.40 bits per heavy atom. The van der Waals surface area contributed by atoms with Crippen molar-refractivity contribution in [3.63, 3.8) is 0 Å². The summed E-state index contributed by atoms with van der Waals surface area (Å²) in [5, 5.41) is 21.2. The molecule has 5 rings (SSSR count). The Hall–Kier alpha value is -5.67. The Balaban J connectivity index is 0.755. The molecule has 7 N–H and O–H groups in total. The fourth-order valence-electron chi connectivity index (χ4n) is 8.08. The molecule has 394 valence electrons. The summed E-state index contributed by atoms with van der Waals surface area (Å²) in [5.41, 5.74) is 2.91. The summed E-state index contributed by atoms with van der Waals surface area (Å²) >= 11 is 1.96. The topological polar surface area (TPSA) is 226 Å². The Bertz CT molecular complexity index is 2190. The second-order valence-corrected chi connectivity index (χ2v) is 19.3. The normalized spacial score (nSPS) is 16.1. The SMILES string of the molecule is Cc1cccc(Nc2nc(Nc3cccc(NC(=O)/C=C/CN(C)CCCCNC(=O)CCCC(=O)NCCCOCCOCCOCCCNC(=O)CCCC[C@@H]4SC[C@@H]5CC(=O)N[C@@H]54)c3)ncc2F)c1. The highest BCUT2D eigenvalue weighted by molar-refractivity contribution is 8.00. The van der Waals surface area contributed by atoms with Crippen molar-refractivity contribution in [2.45, 2.75) is 95.3 Å². The van der Waals surface area contributed by atoms with Gasteiger partial charge in [0.1, 0.15) is 0 Å². The van der Waals surface area contributed by atoms with Crippen LogP contribution in [0.4, 0.5) is 33.2 Å². The van der Waals surface area contributed by atoms with Crippen LogP contribution in [-0.2, 0) is 38.2 Å². The Kier molecular flexibility index (Phi) is 26.3. The quantitative estimate of drug-likeness (QED) is 0.0257. The van der Waals surface area contributed by atoms with Gasteiger partial charge in [-0.25, -0.2) is 9.37 Å². The molecule has 72 heavy (non-hydrogen) atoms. The molecular formula is C52H75FN10O8S. The molecule has 2 aromatic carbocycles. The van der Waals surface area contributed by atoms with Crippen LogP contribution in [0.1, 0.15) is 82.6 Å². The Morgan fingerprint density at radius 3 is 2.10 bits per heavy atom. The van der Waals surface area contributed by atoms with Gasteiger partial charge in [-0.2, -0.15) is 16.7 Å². The first-order valence-electron chi connectivity index (χ1n) is 25.3. The van der Waals surface area contributed by atoms with Crippen molar-refractivity contribution >= 4 is 70.1 Å². The lowest BCUT2D eigenvalue weighted by Gasteiger charge is -2.17. The van der Waals surface area contributed by atoms with Crippen LogP contribution >= 0.6 is 11.8 Å². The smallest absolute Gasteiger partial charge is 0.248 e. The lowest BCUT2D eigenvalue weighted by Crippen LogP contribution is -2.34. The molecule has 2 aliphatic rings. The summed E-state index contributed by atoms with van der Waals surface area (Å²) in [7, 11) is 1.96. The number of halogens is 1. The number of amides is 5. The molecule has 5 amide bonds. The number of hydrogen-bond donors (Lipinski definition) is 7. The number of anilines is 5.